The number of nitrogens with zero attached hydrogens (tertiary/aromatic N) is 3. The summed E-state index contributed by atoms with van der Waals surface area (Å²) in [5, 5.41) is 1.00. The molecule has 0 radical (unpaired) electrons. The fourth-order valence-corrected chi connectivity index (χ4v) is 2.27. The van der Waals surface area contributed by atoms with E-state index >= 15 is 0 Å². The van der Waals surface area contributed by atoms with Crippen LogP contribution in [-0.2, 0) is 6.54 Å². The van der Waals surface area contributed by atoms with Crippen LogP contribution in [-0.4, -0.2) is 14.5 Å². The van der Waals surface area contributed by atoms with Crippen LogP contribution in [0.5, 0.6) is 0 Å². The molecule has 2 N–H and O–H groups in total. The molecule has 0 spiro atoms. The van der Waals surface area contributed by atoms with E-state index in [-0.39, 0.29) is 5.41 Å². The van der Waals surface area contributed by atoms with Crippen molar-refractivity contribution in [1.82, 2.24) is 14.5 Å². The highest BCUT2D eigenvalue weighted by molar-refractivity contribution is 5.90. The van der Waals surface area contributed by atoms with Crippen molar-refractivity contribution in [3.8, 4) is 0 Å². The SMILES string of the molecule is Cc1c(C)n(CC(C)C(C)(C)C)c2ncnc(N)c12. The summed E-state index contributed by atoms with van der Waals surface area (Å²) >= 11 is 0. The molecule has 0 fully saturated rings. The summed E-state index contributed by atoms with van der Waals surface area (Å²) in [6.45, 7) is 14.3. The van der Waals surface area contributed by atoms with Crippen LogP contribution in [0.25, 0.3) is 11.0 Å². The second-order valence-corrected chi connectivity index (χ2v) is 6.55. The molecule has 0 aromatic carbocycles. The molecule has 4 nitrogen and oxygen atoms in total. The van der Waals surface area contributed by atoms with Gasteiger partial charge in [0, 0.05) is 12.2 Å². The zero-order valence-corrected chi connectivity index (χ0v) is 12.8. The number of aryl methyl sites for hydroxylation is 1. The molecule has 0 aliphatic heterocycles. The van der Waals surface area contributed by atoms with Crippen LogP contribution in [0.4, 0.5) is 5.82 Å². The number of aromatic nitrogens is 3. The van der Waals surface area contributed by atoms with Gasteiger partial charge in [0.1, 0.15) is 17.8 Å². The highest BCUT2D eigenvalue weighted by Gasteiger charge is 2.23. The Kier molecular flexibility index (Phi) is 3.29. The first-order valence-electron chi connectivity index (χ1n) is 6.79. The standard InChI is InChI=1S/C15H24N4/c1-9(15(4,5)6)7-19-11(3)10(2)12-13(16)17-8-18-14(12)19/h8-9H,7H2,1-6H3,(H2,16,17,18). The summed E-state index contributed by atoms with van der Waals surface area (Å²) in [6.07, 6.45) is 1.55. The number of rotatable bonds is 2. The zero-order valence-electron chi connectivity index (χ0n) is 12.8. The van der Waals surface area contributed by atoms with E-state index in [9.17, 15) is 0 Å². The van der Waals surface area contributed by atoms with Crippen LogP contribution in [0.15, 0.2) is 6.33 Å². The molecule has 4 heteroatoms. The highest BCUT2D eigenvalue weighted by Crippen LogP contribution is 2.31. The van der Waals surface area contributed by atoms with E-state index in [0.717, 1.165) is 17.6 Å². The van der Waals surface area contributed by atoms with Gasteiger partial charge in [-0.15, -0.1) is 0 Å². The smallest absolute Gasteiger partial charge is 0.145 e. The maximum atomic E-state index is 5.99. The molecule has 2 rings (SSSR count). The Morgan fingerprint density at radius 2 is 1.89 bits per heavy atom. The summed E-state index contributed by atoms with van der Waals surface area (Å²) in [6, 6.07) is 0. The van der Waals surface area contributed by atoms with Crippen molar-refractivity contribution in [2.24, 2.45) is 11.3 Å². The largest absolute Gasteiger partial charge is 0.383 e. The quantitative estimate of drug-likeness (QED) is 0.901. The molecular formula is C15H24N4. The minimum Gasteiger partial charge on any atom is -0.383 e. The van der Waals surface area contributed by atoms with Crippen molar-refractivity contribution >= 4 is 16.9 Å². The lowest BCUT2D eigenvalue weighted by molar-refractivity contribution is 0.233. The summed E-state index contributed by atoms with van der Waals surface area (Å²) in [7, 11) is 0. The van der Waals surface area contributed by atoms with Gasteiger partial charge < -0.3 is 10.3 Å². The fourth-order valence-electron chi connectivity index (χ4n) is 2.27. The number of anilines is 1. The third-order valence-electron chi connectivity index (χ3n) is 4.37. The maximum absolute atomic E-state index is 5.99. The molecule has 0 bridgehead atoms. The first-order valence-corrected chi connectivity index (χ1v) is 6.79. The topological polar surface area (TPSA) is 56.7 Å². The monoisotopic (exact) mass is 260 g/mol. The van der Waals surface area contributed by atoms with Crippen molar-refractivity contribution < 1.29 is 0 Å². The molecule has 1 unspecified atom stereocenters. The van der Waals surface area contributed by atoms with Crippen LogP contribution in [0.3, 0.4) is 0 Å². The Morgan fingerprint density at radius 1 is 1.26 bits per heavy atom. The lowest BCUT2D eigenvalue weighted by atomic mass is 9.82. The van der Waals surface area contributed by atoms with E-state index in [1.807, 2.05) is 0 Å². The molecule has 0 aliphatic rings. The Balaban J connectivity index is 2.56. The first kappa shape index (κ1) is 13.8. The average Bonchev–Trinajstić information content (AvgIpc) is 2.54. The van der Waals surface area contributed by atoms with Crippen molar-refractivity contribution in [3.63, 3.8) is 0 Å². The van der Waals surface area contributed by atoms with Crippen LogP contribution >= 0.6 is 0 Å². The lowest BCUT2D eigenvalue weighted by Gasteiger charge is -2.28. The number of nitrogens with two attached hydrogens (primary N) is 1. The molecule has 0 amide bonds. The van der Waals surface area contributed by atoms with Crippen molar-refractivity contribution in [3.05, 3.63) is 17.6 Å². The highest BCUT2D eigenvalue weighted by atomic mass is 15.1. The predicted molar refractivity (Wildman–Crippen MR) is 80.0 cm³/mol. The fraction of sp³-hybridized carbons (Fsp3) is 0.600. The van der Waals surface area contributed by atoms with E-state index in [1.165, 1.54) is 11.3 Å². The second kappa shape index (κ2) is 4.51. The maximum Gasteiger partial charge on any atom is 0.145 e. The second-order valence-electron chi connectivity index (χ2n) is 6.55. The van der Waals surface area contributed by atoms with Gasteiger partial charge in [0.25, 0.3) is 0 Å². The van der Waals surface area contributed by atoms with Crippen LogP contribution in [0.1, 0.15) is 39.0 Å². The number of nitrogen functional groups attached to an aromatic ring is 1. The van der Waals surface area contributed by atoms with Gasteiger partial charge in [0.15, 0.2) is 0 Å². The molecule has 1 atom stereocenters. The number of hydrogen-bond acceptors (Lipinski definition) is 3. The van der Waals surface area contributed by atoms with Gasteiger partial charge in [0.05, 0.1) is 5.39 Å². The Labute approximate surface area is 115 Å². The van der Waals surface area contributed by atoms with Gasteiger partial charge in [-0.3, -0.25) is 0 Å². The summed E-state index contributed by atoms with van der Waals surface area (Å²) in [5.74, 6) is 1.13. The Hall–Kier alpha value is -1.58. The third-order valence-corrected chi connectivity index (χ3v) is 4.37. The van der Waals surface area contributed by atoms with Crippen LogP contribution in [0.2, 0.25) is 0 Å². The first-order chi connectivity index (χ1) is 8.73. The number of hydrogen-bond donors (Lipinski definition) is 1. The minimum atomic E-state index is 0.273. The molecule has 2 aromatic heterocycles. The molecular weight excluding hydrogens is 236 g/mol. The van der Waals surface area contributed by atoms with Crippen molar-refractivity contribution in [2.75, 3.05) is 5.73 Å². The van der Waals surface area contributed by atoms with Crippen LogP contribution in [0, 0.1) is 25.2 Å². The molecule has 2 heterocycles. The summed E-state index contributed by atoms with van der Waals surface area (Å²) in [5.41, 5.74) is 9.65. The summed E-state index contributed by atoms with van der Waals surface area (Å²) < 4.78 is 2.28. The zero-order chi connectivity index (χ0) is 14.4. The molecule has 19 heavy (non-hydrogen) atoms. The van der Waals surface area contributed by atoms with Gasteiger partial charge in [-0.2, -0.15) is 0 Å². The Morgan fingerprint density at radius 3 is 2.47 bits per heavy atom. The van der Waals surface area contributed by atoms with Crippen molar-refractivity contribution in [2.45, 2.75) is 48.1 Å². The van der Waals surface area contributed by atoms with E-state index < -0.39 is 0 Å². The van der Waals surface area contributed by atoms with Gasteiger partial charge in [0.2, 0.25) is 0 Å². The van der Waals surface area contributed by atoms with Crippen molar-refractivity contribution in [1.29, 1.82) is 0 Å². The number of fused-ring (bicyclic) bond motifs is 1. The normalized spacial score (nSPS) is 14.0. The van der Waals surface area contributed by atoms with Gasteiger partial charge in [-0.25, -0.2) is 9.97 Å². The molecule has 2 aromatic rings. The van der Waals surface area contributed by atoms with E-state index in [4.69, 9.17) is 5.73 Å². The van der Waals surface area contributed by atoms with E-state index in [1.54, 1.807) is 6.33 Å². The van der Waals surface area contributed by atoms with E-state index in [0.29, 0.717) is 11.7 Å². The van der Waals surface area contributed by atoms with Gasteiger partial charge in [-0.1, -0.05) is 27.7 Å². The lowest BCUT2D eigenvalue weighted by Crippen LogP contribution is -2.23. The minimum absolute atomic E-state index is 0.273. The third kappa shape index (κ3) is 2.31. The predicted octanol–water partition coefficient (Wildman–Crippen LogP) is 3.31. The van der Waals surface area contributed by atoms with E-state index in [2.05, 4.69) is 56.1 Å². The van der Waals surface area contributed by atoms with Gasteiger partial charge in [-0.05, 0) is 30.7 Å². The average molecular weight is 260 g/mol. The molecule has 104 valence electrons. The molecule has 0 saturated carbocycles. The van der Waals surface area contributed by atoms with Gasteiger partial charge >= 0.3 is 0 Å². The van der Waals surface area contributed by atoms with Crippen LogP contribution < -0.4 is 5.73 Å². The summed E-state index contributed by atoms with van der Waals surface area (Å²) in [4.78, 5) is 8.53. The molecule has 0 aliphatic carbocycles. The molecule has 0 saturated heterocycles. The Bertz CT molecular complexity index is 605.